The lowest BCUT2D eigenvalue weighted by Gasteiger charge is -2.22. The average Bonchev–Trinajstić information content (AvgIpc) is 2.29. The zero-order valence-corrected chi connectivity index (χ0v) is 14.2. The van der Waals surface area contributed by atoms with E-state index in [-0.39, 0.29) is 4.90 Å². The van der Waals surface area contributed by atoms with Crippen LogP contribution in [-0.2, 0) is 19.6 Å². The van der Waals surface area contributed by atoms with Crippen LogP contribution in [0.3, 0.4) is 0 Å². The first-order valence-electron chi connectivity index (χ1n) is 6.75. The van der Waals surface area contributed by atoms with Crippen LogP contribution in [0, 0.1) is 13.8 Å². The van der Waals surface area contributed by atoms with Crippen LogP contribution in [0.4, 0.5) is 0 Å². The Morgan fingerprint density at radius 3 is 2.33 bits per heavy atom. The van der Waals surface area contributed by atoms with Crippen LogP contribution in [-0.4, -0.2) is 26.0 Å². The summed E-state index contributed by atoms with van der Waals surface area (Å²) in [6.07, 6.45) is 0. The molecule has 0 aliphatic carbocycles. The third-order valence-corrected chi connectivity index (χ3v) is 4.41. The quantitative estimate of drug-likeness (QED) is 0.866. The number of rotatable bonds is 4. The van der Waals surface area contributed by atoms with Crippen molar-refractivity contribution in [1.82, 2.24) is 4.72 Å². The topological polar surface area (TPSA) is 72.5 Å². The van der Waals surface area contributed by atoms with Crippen LogP contribution in [0.25, 0.3) is 0 Å². The average molecular weight is 313 g/mol. The van der Waals surface area contributed by atoms with E-state index < -0.39 is 27.6 Å². The molecule has 0 amide bonds. The number of ether oxygens (including phenoxy) is 1. The summed E-state index contributed by atoms with van der Waals surface area (Å²) in [4.78, 5) is 12.0. The third-order valence-electron chi connectivity index (χ3n) is 2.73. The van der Waals surface area contributed by atoms with Gasteiger partial charge in [-0.1, -0.05) is 12.1 Å². The number of sulfonamides is 1. The number of carbonyl (C=O) groups excluding carboxylic acids is 1. The summed E-state index contributed by atoms with van der Waals surface area (Å²) >= 11 is 0. The molecule has 1 aromatic rings. The summed E-state index contributed by atoms with van der Waals surface area (Å²) in [5.41, 5.74) is 0.811. The molecular formula is C15H23NO4S. The molecule has 1 rings (SSSR count). The summed E-state index contributed by atoms with van der Waals surface area (Å²) in [5, 5.41) is 0. The fourth-order valence-corrected chi connectivity index (χ4v) is 3.25. The maximum atomic E-state index is 12.4. The van der Waals surface area contributed by atoms with Crippen molar-refractivity contribution in [1.29, 1.82) is 0 Å². The number of hydrogen-bond acceptors (Lipinski definition) is 4. The van der Waals surface area contributed by atoms with Crippen molar-refractivity contribution in [2.45, 2.75) is 58.1 Å². The fraction of sp³-hybridized carbons (Fsp3) is 0.533. The molecule has 118 valence electrons. The lowest BCUT2D eigenvalue weighted by Crippen LogP contribution is -2.42. The van der Waals surface area contributed by atoms with Gasteiger partial charge in [0.25, 0.3) is 0 Å². The third kappa shape index (κ3) is 5.13. The second-order valence-corrected chi connectivity index (χ2v) is 7.83. The van der Waals surface area contributed by atoms with Crippen molar-refractivity contribution in [3.05, 3.63) is 29.3 Å². The van der Waals surface area contributed by atoms with E-state index in [4.69, 9.17) is 4.74 Å². The van der Waals surface area contributed by atoms with Gasteiger partial charge in [-0.05, 0) is 58.7 Å². The molecule has 0 bridgehead atoms. The molecule has 0 fully saturated rings. The van der Waals surface area contributed by atoms with E-state index in [1.54, 1.807) is 39.8 Å². The molecule has 0 aliphatic rings. The molecular weight excluding hydrogens is 290 g/mol. The molecule has 0 saturated carbocycles. The van der Waals surface area contributed by atoms with Crippen molar-refractivity contribution in [2.75, 3.05) is 0 Å². The zero-order valence-electron chi connectivity index (χ0n) is 13.4. The predicted octanol–water partition coefficient (Wildman–Crippen LogP) is 2.31. The molecule has 0 spiro atoms. The minimum atomic E-state index is -3.76. The summed E-state index contributed by atoms with van der Waals surface area (Å²) in [6, 6.07) is 4.21. The molecule has 0 unspecified atom stereocenters. The van der Waals surface area contributed by atoms with Crippen LogP contribution in [0.15, 0.2) is 23.1 Å². The highest BCUT2D eigenvalue weighted by atomic mass is 32.2. The molecule has 1 atom stereocenters. The van der Waals surface area contributed by atoms with Gasteiger partial charge in [-0.2, -0.15) is 4.72 Å². The lowest BCUT2D eigenvalue weighted by molar-refractivity contribution is -0.156. The van der Waals surface area contributed by atoms with Crippen molar-refractivity contribution in [2.24, 2.45) is 0 Å². The molecule has 0 aromatic heterocycles. The number of nitrogens with one attached hydrogen (secondary N) is 1. The summed E-state index contributed by atoms with van der Waals surface area (Å²) in [6.45, 7) is 10.2. The Morgan fingerprint density at radius 2 is 1.81 bits per heavy atom. The first kappa shape index (κ1) is 17.7. The SMILES string of the molecule is Cc1ccc(C)c(S(=O)(=O)N[C@H](C)C(=O)OC(C)(C)C)c1. The van der Waals surface area contributed by atoms with E-state index in [2.05, 4.69) is 4.72 Å². The first-order chi connectivity index (χ1) is 9.42. The Bertz CT molecular complexity index is 630. The lowest BCUT2D eigenvalue weighted by atomic mass is 10.2. The molecule has 1 N–H and O–H groups in total. The molecule has 0 heterocycles. The minimum absolute atomic E-state index is 0.179. The maximum Gasteiger partial charge on any atom is 0.324 e. The fourth-order valence-electron chi connectivity index (χ4n) is 1.73. The van der Waals surface area contributed by atoms with Gasteiger partial charge in [0.1, 0.15) is 11.6 Å². The van der Waals surface area contributed by atoms with Gasteiger partial charge in [0.2, 0.25) is 10.0 Å². The highest BCUT2D eigenvalue weighted by molar-refractivity contribution is 7.89. The van der Waals surface area contributed by atoms with Gasteiger partial charge in [0.05, 0.1) is 4.90 Å². The number of carbonyl (C=O) groups is 1. The normalized spacial score (nSPS) is 13.8. The smallest absolute Gasteiger partial charge is 0.324 e. The Morgan fingerprint density at radius 1 is 1.24 bits per heavy atom. The van der Waals surface area contributed by atoms with E-state index in [9.17, 15) is 13.2 Å². The Kier molecular flexibility index (Phi) is 5.17. The van der Waals surface area contributed by atoms with E-state index in [0.717, 1.165) is 5.56 Å². The largest absolute Gasteiger partial charge is 0.459 e. The van der Waals surface area contributed by atoms with Gasteiger partial charge < -0.3 is 4.74 Å². The van der Waals surface area contributed by atoms with Crippen molar-refractivity contribution < 1.29 is 17.9 Å². The molecule has 5 nitrogen and oxygen atoms in total. The van der Waals surface area contributed by atoms with Crippen LogP contribution in [0.2, 0.25) is 0 Å². The number of esters is 1. The van der Waals surface area contributed by atoms with Gasteiger partial charge in [-0.15, -0.1) is 0 Å². The van der Waals surface area contributed by atoms with E-state index in [1.165, 1.54) is 6.92 Å². The molecule has 0 aliphatic heterocycles. The highest BCUT2D eigenvalue weighted by Crippen LogP contribution is 2.17. The molecule has 6 heteroatoms. The number of benzene rings is 1. The highest BCUT2D eigenvalue weighted by Gasteiger charge is 2.27. The van der Waals surface area contributed by atoms with Gasteiger partial charge >= 0.3 is 5.97 Å². The Balaban J connectivity index is 2.95. The maximum absolute atomic E-state index is 12.4. The van der Waals surface area contributed by atoms with Crippen LogP contribution in [0.1, 0.15) is 38.8 Å². The van der Waals surface area contributed by atoms with Gasteiger partial charge in [-0.3, -0.25) is 4.79 Å². The molecule has 1 aromatic carbocycles. The van der Waals surface area contributed by atoms with Crippen LogP contribution >= 0.6 is 0 Å². The number of aryl methyl sites for hydroxylation is 2. The van der Waals surface area contributed by atoms with E-state index in [0.29, 0.717) is 5.56 Å². The summed E-state index contributed by atoms with van der Waals surface area (Å²) in [7, 11) is -3.76. The van der Waals surface area contributed by atoms with Gasteiger partial charge in [0, 0.05) is 0 Å². The van der Waals surface area contributed by atoms with Crippen LogP contribution in [0.5, 0.6) is 0 Å². The zero-order chi connectivity index (χ0) is 16.4. The van der Waals surface area contributed by atoms with Crippen molar-refractivity contribution in [3.63, 3.8) is 0 Å². The molecule has 0 radical (unpaired) electrons. The van der Waals surface area contributed by atoms with Crippen LogP contribution < -0.4 is 4.72 Å². The Labute approximate surface area is 126 Å². The predicted molar refractivity (Wildman–Crippen MR) is 81.5 cm³/mol. The summed E-state index contributed by atoms with van der Waals surface area (Å²) < 4.78 is 32.3. The number of hydrogen-bond donors (Lipinski definition) is 1. The Hall–Kier alpha value is -1.40. The van der Waals surface area contributed by atoms with Crippen molar-refractivity contribution in [3.8, 4) is 0 Å². The minimum Gasteiger partial charge on any atom is -0.459 e. The second kappa shape index (κ2) is 6.15. The monoisotopic (exact) mass is 313 g/mol. The van der Waals surface area contributed by atoms with E-state index >= 15 is 0 Å². The standard InChI is InChI=1S/C15H23NO4S/c1-10-7-8-11(2)13(9-10)21(18,19)16-12(3)14(17)20-15(4,5)6/h7-9,12,16H,1-6H3/t12-/m1/s1. The summed E-state index contributed by atoms with van der Waals surface area (Å²) in [5.74, 6) is -0.601. The molecule has 0 saturated heterocycles. The van der Waals surface area contributed by atoms with E-state index in [1.807, 2.05) is 13.0 Å². The second-order valence-electron chi connectivity index (χ2n) is 6.15. The van der Waals surface area contributed by atoms with Gasteiger partial charge in [0.15, 0.2) is 0 Å². The first-order valence-corrected chi connectivity index (χ1v) is 8.23. The van der Waals surface area contributed by atoms with Gasteiger partial charge in [-0.25, -0.2) is 8.42 Å². The molecule has 21 heavy (non-hydrogen) atoms. The van der Waals surface area contributed by atoms with Crippen molar-refractivity contribution >= 4 is 16.0 Å².